The quantitative estimate of drug-likeness (QED) is 0.201. The third-order valence-corrected chi connectivity index (χ3v) is 3.54. The zero-order chi connectivity index (χ0) is 19.3. The Morgan fingerprint density at radius 3 is 2.28 bits per heavy atom. The van der Waals surface area contributed by atoms with Crippen molar-refractivity contribution in [3.8, 4) is 0 Å². The monoisotopic (exact) mass is 359 g/mol. The topological polar surface area (TPSA) is 204 Å². The predicted octanol–water partition coefficient (Wildman–Crippen LogP) is -3.71. The molecular weight excluding hydrogens is 342 g/mol. The van der Waals surface area contributed by atoms with E-state index in [1.807, 2.05) is 5.32 Å². The van der Waals surface area contributed by atoms with Crippen LogP contribution in [0, 0.1) is 5.92 Å². The number of likely N-dealkylation sites (tertiary alicyclic amines) is 1. The number of nitrogens with two attached hydrogens (primary N) is 1. The maximum absolute atomic E-state index is 12.4. The molecule has 1 fully saturated rings. The number of carboxylic acids is 2. The normalized spacial score (nSPS) is 19.4. The van der Waals surface area contributed by atoms with Gasteiger partial charge in [0, 0.05) is 6.42 Å². The Bertz CT molecular complexity index is 618. The van der Waals surface area contributed by atoms with E-state index in [1.165, 1.54) is 0 Å². The van der Waals surface area contributed by atoms with Crippen LogP contribution in [0.4, 0.5) is 0 Å². The summed E-state index contributed by atoms with van der Waals surface area (Å²) in [5.41, 5.74) is 5.07. The van der Waals surface area contributed by atoms with E-state index in [9.17, 15) is 28.8 Å². The Morgan fingerprint density at radius 1 is 1.24 bits per heavy atom. The van der Waals surface area contributed by atoms with Gasteiger partial charge in [-0.3, -0.25) is 28.9 Å². The van der Waals surface area contributed by atoms with Crippen LogP contribution in [0.1, 0.15) is 12.8 Å². The molecule has 6 N–H and O–H groups in total. The molecule has 1 heterocycles. The van der Waals surface area contributed by atoms with E-state index in [4.69, 9.17) is 21.1 Å². The Kier molecular flexibility index (Phi) is 6.70. The van der Waals surface area contributed by atoms with Crippen LogP contribution in [0.2, 0.25) is 0 Å². The molecule has 3 amide bonds. The molecule has 25 heavy (non-hydrogen) atoms. The van der Waals surface area contributed by atoms with Crippen molar-refractivity contribution < 1.29 is 44.1 Å². The number of ketones is 1. The second-order valence-electron chi connectivity index (χ2n) is 5.22. The van der Waals surface area contributed by atoms with Crippen LogP contribution in [-0.4, -0.2) is 80.9 Å². The number of aliphatic carboxylic acids is 2. The lowest BCUT2D eigenvalue weighted by Gasteiger charge is -2.22. The Hall–Kier alpha value is -2.86. The van der Waals surface area contributed by atoms with Crippen LogP contribution in [0.25, 0.3) is 0 Å². The van der Waals surface area contributed by atoms with Crippen LogP contribution >= 0.6 is 0 Å². The van der Waals surface area contributed by atoms with Crippen LogP contribution < -0.4 is 11.1 Å². The number of nitrogens with one attached hydrogen (secondary N) is 1. The van der Waals surface area contributed by atoms with Gasteiger partial charge in [-0.1, -0.05) is 0 Å². The van der Waals surface area contributed by atoms with Gasteiger partial charge in [-0.15, -0.1) is 0 Å². The van der Waals surface area contributed by atoms with Crippen molar-refractivity contribution in [2.75, 3.05) is 13.2 Å². The first-order valence-corrected chi connectivity index (χ1v) is 7.08. The number of aliphatic hydroxyl groups is 1. The maximum atomic E-state index is 12.4. The average Bonchev–Trinajstić information content (AvgIpc) is 2.81. The third-order valence-electron chi connectivity index (χ3n) is 3.54. The molecule has 0 aromatic rings. The lowest BCUT2D eigenvalue weighted by molar-refractivity contribution is -0.157. The van der Waals surface area contributed by atoms with E-state index in [0.717, 1.165) is 0 Å². The molecule has 3 atom stereocenters. The van der Waals surface area contributed by atoms with Gasteiger partial charge in [0.1, 0.15) is 5.92 Å². The second-order valence-corrected chi connectivity index (χ2v) is 5.22. The van der Waals surface area contributed by atoms with Crippen molar-refractivity contribution in [1.29, 1.82) is 0 Å². The van der Waals surface area contributed by atoms with Gasteiger partial charge in [-0.25, -0.2) is 4.79 Å². The fourth-order valence-electron chi connectivity index (χ4n) is 2.36. The molecule has 0 spiro atoms. The number of carbonyl (C=O) groups excluding carboxylic acids is 4. The summed E-state index contributed by atoms with van der Waals surface area (Å²) in [6.45, 7) is -1.57. The van der Waals surface area contributed by atoms with Crippen LogP contribution in [-0.2, 0) is 28.8 Å². The minimum absolute atomic E-state index is 0.257. The first-order valence-electron chi connectivity index (χ1n) is 7.08. The highest BCUT2D eigenvalue weighted by molar-refractivity contribution is 6.17. The van der Waals surface area contributed by atoms with Gasteiger partial charge in [-0.2, -0.15) is 0 Å². The number of hydrogen-bond acceptors (Lipinski definition) is 8. The lowest BCUT2D eigenvalue weighted by atomic mass is 9.94. The van der Waals surface area contributed by atoms with E-state index in [0.29, 0.717) is 0 Å². The number of nitrogens with zero attached hydrogens (tertiary/aromatic N) is 1. The second kappa shape index (κ2) is 8.30. The number of amides is 3. The van der Waals surface area contributed by atoms with Crippen molar-refractivity contribution in [3.05, 3.63) is 0 Å². The third kappa shape index (κ3) is 4.58. The molecule has 0 radical (unpaired) electrons. The molecule has 0 bridgehead atoms. The van der Waals surface area contributed by atoms with E-state index < -0.39 is 79.4 Å². The SMILES string of the molecule is NCC(=O)N[C@@H](CC(=O)O)C(=O)[C@H]1CC(=O)N([C@@H](CO)C(=O)O)C1=O. The van der Waals surface area contributed by atoms with Crippen LogP contribution in [0.5, 0.6) is 0 Å². The number of carboxylic acid groups (broad SMARTS) is 2. The summed E-state index contributed by atoms with van der Waals surface area (Å²) in [6.07, 6.45) is -1.53. The fourth-order valence-corrected chi connectivity index (χ4v) is 2.36. The highest BCUT2D eigenvalue weighted by Crippen LogP contribution is 2.24. The molecule has 0 aromatic carbocycles. The number of carbonyl (C=O) groups is 6. The first-order chi connectivity index (χ1) is 11.6. The predicted molar refractivity (Wildman–Crippen MR) is 76.7 cm³/mol. The lowest BCUT2D eigenvalue weighted by Crippen LogP contribution is -2.50. The van der Waals surface area contributed by atoms with Gasteiger partial charge in [0.15, 0.2) is 11.8 Å². The van der Waals surface area contributed by atoms with Crippen LogP contribution in [0.3, 0.4) is 0 Å². The van der Waals surface area contributed by atoms with E-state index >= 15 is 0 Å². The summed E-state index contributed by atoms with van der Waals surface area (Å²) in [7, 11) is 0. The summed E-state index contributed by atoms with van der Waals surface area (Å²) < 4.78 is 0. The van der Waals surface area contributed by atoms with E-state index in [-0.39, 0.29) is 4.90 Å². The smallest absolute Gasteiger partial charge is 0.329 e. The summed E-state index contributed by atoms with van der Waals surface area (Å²) in [5.74, 6) is -8.79. The van der Waals surface area contributed by atoms with Crippen molar-refractivity contribution in [2.24, 2.45) is 11.7 Å². The Morgan fingerprint density at radius 2 is 1.84 bits per heavy atom. The van der Waals surface area contributed by atoms with Gasteiger partial charge in [-0.05, 0) is 0 Å². The molecule has 138 valence electrons. The van der Waals surface area contributed by atoms with E-state index in [2.05, 4.69) is 0 Å². The van der Waals surface area contributed by atoms with Gasteiger partial charge < -0.3 is 26.4 Å². The molecular formula is C13H17N3O9. The maximum Gasteiger partial charge on any atom is 0.329 e. The molecule has 1 rings (SSSR count). The Balaban J connectivity index is 3.04. The zero-order valence-corrected chi connectivity index (χ0v) is 12.9. The first kappa shape index (κ1) is 20.2. The highest BCUT2D eigenvalue weighted by atomic mass is 16.4. The minimum atomic E-state index is -1.85. The standard InChI is InChI=1S/C13H17N3O9/c14-3-8(18)15-6(2-10(20)21)11(22)5-1-9(19)16(12(5)23)7(4-17)13(24)25/h5-7,17H,1-4,14H2,(H,15,18)(H,20,21)(H,24,25)/t5-,6+,7+/m1/s1. The molecule has 12 heteroatoms. The van der Waals surface area contributed by atoms with E-state index in [1.54, 1.807) is 0 Å². The zero-order valence-electron chi connectivity index (χ0n) is 12.9. The molecule has 12 nitrogen and oxygen atoms in total. The molecule has 0 unspecified atom stereocenters. The average molecular weight is 359 g/mol. The van der Waals surface area contributed by atoms with Crippen molar-refractivity contribution in [2.45, 2.75) is 24.9 Å². The Labute approximate surface area is 140 Å². The number of hydrogen-bond donors (Lipinski definition) is 5. The van der Waals surface area contributed by atoms with Crippen molar-refractivity contribution in [3.63, 3.8) is 0 Å². The van der Waals surface area contributed by atoms with Crippen molar-refractivity contribution in [1.82, 2.24) is 10.2 Å². The number of rotatable bonds is 9. The number of imide groups is 1. The molecule has 0 aromatic heterocycles. The van der Waals surface area contributed by atoms with Gasteiger partial charge in [0.05, 0.1) is 25.6 Å². The van der Waals surface area contributed by atoms with Crippen molar-refractivity contribution >= 4 is 35.4 Å². The van der Waals surface area contributed by atoms with Crippen LogP contribution in [0.15, 0.2) is 0 Å². The number of Topliss-reactive ketones (excluding diaryl/α,β-unsaturated/α-hetero) is 1. The highest BCUT2D eigenvalue weighted by Gasteiger charge is 2.49. The largest absolute Gasteiger partial charge is 0.481 e. The molecule has 0 saturated carbocycles. The fraction of sp³-hybridized carbons (Fsp3) is 0.538. The summed E-state index contributed by atoms with van der Waals surface area (Å²) in [6, 6.07) is -3.46. The summed E-state index contributed by atoms with van der Waals surface area (Å²) in [5, 5.41) is 28.8. The minimum Gasteiger partial charge on any atom is -0.481 e. The molecule has 1 aliphatic heterocycles. The van der Waals surface area contributed by atoms with Gasteiger partial charge in [0.25, 0.3) is 0 Å². The van der Waals surface area contributed by atoms with Gasteiger partial charge >= 0.3 is 11.9 Å². The molecule has 1 aliphatic rings. The molecule has 1 saturated heterocycles. The summed E-state index contributed by atoms with van der Waals surface area (Å²) >= 11 is 0. The summed E-state index contributed by atoms with van der Waals surface area (Å²) in [4.78, 5) is 69.9. The molecule has 0 aliphatic carbocycles. The van der Waals surface area contributed by atoms with Gasteiger partial charge in [0.2, 0.25) is 17.7 Å². The number of aliphatic hydroxyl groups excluding tert-OH is 1.